The topological polar surface area (TPSA) is 39.2 Å². The molecule has 3 aromatic rings. The molecule has 2 nitrogen and oxygen atoms in total. The van der Waals surface area contributed by atoms with E-state index in [4.69, 9.17) is 21.8 Å². The Labute approximate surface area is 141 Å². The zero-order valence-corrected chi connectivity index (χ0v) is 13.8. The normalized spacial score (nSPS) is 13.7. The number of hydrogen-bond donors (Lipinski definition) is 1. The molecule has 2 aromatic carbocycles. The Hall–Kier alpha value is -2.03. The maximum Gasteiger partial charge on any atom is 0.133 e. The minimum atomic E-state index is 0.0696. The largest absolute Gasteiger partial charge is 0.464 e. The summed E-state index contributed by atoms with van der Waals surface area (Å²) >= 11 is 5.96. The number of rotatable bonds is 5. The maximum absolute atomic E-state index is 6.23. The van der Waals surface area contributed by atoms with Crippen molar-refractivity contribution in [2.45, 2.75) is 25.3 Å². The Bertz CT molecular complexity index is 730. The fourth-order valence-corrected chi connectivity index (χ4v) is 2.95. The van der Waals surface area contributed by atoms with E-state index < -0.39 is 0 Å². The van der Waals surface area contributed by atoms with Crippen LogP contribution in [0.1, 0.15) is 24.0 Å². The van der Waals surface area contributed by atoms with Gasteiger partial charge in [0.15, 0.2) is 0 Å². The van der Waals surface area contributed by atoms with Crippen molar-refractivity contribution in [2.75, 3.05) is 0 Å². The van der Waals surface area contributed by atoms with Crippen LogP contribution in [0.5, 0.6) is 0 Å². The van der Waals surface area contributed by atoms with Gasteiger partial charge < -0.3 is 10.2 Å². The van der Waals surface area contributed by atoms with Crippen LogP contribution >= 0.6 is 11.6 Å². The second-order valence-electron chi connectivity index (χ2n) is 5.90. The van der Waals surface area contributed by atoms with Crippen LogP contribution in [-0.2, 0) is 6.42 Å². The lowest BCUT2D eigenvalue weighted by atomic mass is 9.86. The fraction of sp³-hybridized carbons (Fsp3) is 0.200. The molecule has 2 atom stereocenters. The molecule has 0 bridgehead atoms. The van der Waals surface area contributed by atoms with Gasteiger partial charge in [-0.1, -0.05) is 48.0 Å². The quantitative estimate of drug-likeness (QED) is 0.693. The maximum atomic E-state index is 6.23. The molecule has 118 valence electrons. The standard InChI is InChI=1S/C20H20ClNO/c1-14(22)19(13-15-4-10-18(21)11-5-15)16-6-8-17(9-7-16)20-3-2-12-23-20/h2-12,14,19H,13,22H2,1H3. The molecular weight excluding hydrogens is 306 g/mol. The summed E-state index contributed by atoms with van der Waals surface area (Å²) < 4.78 is 5.44. The van der Waals surface area contributed by atoms with E-state index in [2.05, 4.69) is 43.3 Å². The van der Waals surface area contributed by atoms with Crippen LogP contribution in [0.15, 0.2) is 71.3 Å². The Kier molecular flexibility index (Phi) is 4.85. The lowest BCUT2D eigenvalue weighted by molar-refractivity contribution is 0.564. The highest BCUT2D eigenvalue weighted by Gasteiger charge is 2.17. The highest BCUT2D eigenvalue weighted by Crippen LogP contribution is 2.27. The molecule has 0 fully saturated rings. The molecule has 0 amide bonds. The van der Waals surface area contributed by atoms with Gasteiger partial charge in [0, 0.05) is 22.5 Å². The number of hydrogen-bond acceptors (Lipinski definition) is 2. The van der Waals surface area contributed by atoms with Gasteiger partial charge in [0.1, 0.15) is 5.76 Å². The van der Waals surface area contributed by atoms with E-state index in [0.717, 1.165) is 22.8 Å². The minimum Gasteiger partial charge on any atom is -0.464 e. The molecule has 0 aliphatic rings. The van der Waals surface area contributed by atoms with Crippen molar-refractivity contribution in [1.29, 1.82) is 0 Å². The van der Waals surface area contributed by atoms with Crippen LogP contribution in [0.25, 0.3) is 11.3 Å². The van der Waals surface area contributed by atoms with E-state index in [-0.39, 0.29) is 12.0 Å². The number of furan rings is 1. The first-order valence-electron chi connectivity index (χ1n) is 7.77. The number of benzene rings is 2. The lowest BCUT2D eigenvalue weighted by Gasteiger charge is -2.22. The number of nitrogens with two attached hydrogens (primary N) is 1. The van der Waals surface area contributed by atoms with E-state index in [0.29, 0.717) is 0 Å². The van der Waals surface area contributed by atoms with Crippen molar-refractivity contribution < 1.29 is 4.42 Å². The summed E-state index contributed by atoms with van der Waals surface area (Å²) in [4.78, 5) is 0. The van der Waals surface area contributed by atoms with E-state index in [1.807, 2.05) is 24.3 Å². The summed E-state index contributed by atoms with van der Waals surface area (Å²) in [6, 6.07) is 20.4. The molecule has 0 radical (unpaired) electrons. The Morgan fingerprint density at radius 3 is 2.26 bits per heavy atom. The predicted molar refractivity (Wildman–Crippen MR) is 95.7 cm³/mol. The minimum absolute atomic E-state index is 0.0696. The molecule has 3 rings (SSSR count). The second kappa shape index (κ2) is 7.03. The first kappa shape index (κ1) is 15.9. The third-order valence-corrected chi connectivity index (χ3v) is 4.40. The van der Waals surface area contributed by atoms with Crippen molar-refractivity contribution >= 4 is 11.6 Å². The van der Waals surface area contributed by atoms with Gasteiger partial charge >= 0.3 is 0 Å². The Morgan fingerprint density at radius 2 is 1.70 bits per heavy atom. The molecular formula is C20H20ClNO. The van der Waals surface area contributed by atoms with E-state index in [9.17, 15) is 0 Å². The fourth-order valence-electron chi connectivity index (χ4n) is 2.82. The molecule has 0 saturated heterocycles. The molecule has 23 heavy (non-hydrogen) atoms. The van der Waals surface area contributed by atoms with Crippen LogP contribution in [0.4, 0.5) is 0 Å². The first-order valence-corrected chi connectivity index (χ1v) is 8.15. The summed E-state index contributed by atoms with van der Waals surface area (Å²) in [6.07, 6.45) is 2.59. The average molecular weight is 326 g/mol. The summed E-state index contributed by atoms with van der Waals surface area (Å²) in [6.45, 7) is 2.06. The Balaban J connectivity index is 1.82. The zero-order chi connectivity index (χ0) is 16.2. The predicted octanol–water partition coefficient (Wildman–Crippen LogP) is 5.27. The van der Waals surface area contributed by atoms with E-state index in [1.54, 1.807) is 6.26 Å². The van der Waals surface area contributed by atoms with Gasteiger partial charge in [-0.15, -0.1) is 0 Å². The van der Waals surface area contributed by atoms with Gasteiger partial charge in [-0.3, -0.25) is 0 Å². The van der Waals surface area contributed by atoms with Crippen LogP contribution in [0.3, 0.4) is 0 Å². The molecule has 1 heterocycles. The SMILES string of the molecule is CC(N)C(Cc1ccc(Cl)cc1)c1ccc(-c2ccco2)cc1. The van der Waals surface area contributed by atoms with Crippen LogP contribution < -0.4 is 5.73 Å². The van der Waals surface area contributed by atoms with Gasteiger partial charge in [0.05, 0.1) is 6.26 Å². The van der Waals surface area contributed by atoms with Gasteiger partial charge in [-0.05, 0) is 48.7 Å². The van der Waals surface area contributed by atoms with Gasteiger partial charge in [0.25, 0.3) is 0 Å². The van der Waals surface area contributed by atoms with Crippen LogP contribution in [-0.4, -0.2) is 6.04 Å². The smallest absolute Gasteiger partial charge is 0.133 e. The monoisotopic (exact) mass is 325 g/mol. The molecule has 2 unspecified atom stereocenters. The van der Waals surface area contributed by atoms with Crippen molar-refractivity contribution in [3.8, 4) is 11.3 Å². The van der Waals surface area contributed by atoms with Crippen LogP contribution in [0, 0.1) is 0 Å². The second-order valence-corrected chi connectivity index (χ2v) is 6.33. The van der Waals surface area contributed by atoms with Crippen molar-refractivity contribution in [2.24, 2.45) is 5.73 Å². The third kappa shape index (κ3) is 3.84. The summed E-state index contributed by atoms with van der Waals surface area (Å²) in [5, 5.41) is 0.758. The molecule has 1 aromatic heterocycles. The van der Waals surface area contributed by atoms with E-state index in [1.165, 1.54) is 11.1 Å². The molecule has 0 aliphatic heterocycles. The number of halogens is 1. The van der Waals surface area contributed by atoms with Crippen molar-refractivity contribution in [3.05, 3.63) is 83.1 Å². The van der Waals surface area contributed by atoms with Gasteiger partial charge in [0.2, 0.25) is 0 Å². The summed E-state index contributed by atoms with van der Waals surface area (Å²) in [7, 11) is 0. The molecule has 0 saturated carbocycles. The van der Waals surface area contributed by atoms with Gasteiger partial charge in [-0.2, -0.15) is 0 Å². The van der Waals surface area contributed by atoms with Crippen LogP contribution in [0.2, 0.25) is 5.02 Å². The third-order valence-electron chi connectivity index (χ3n) is 4.15. The Morgan fingerprint density at radius 1 is 1.00 bits per heavy atom. The van der Waals surface area contributed by atoms with Crippen molar-refractivity contribution in [1.82, 2.24) is 0 Å². The summed E-state index contributed by atoms with van der Waals surface area (Å²) in [5.41, 5.74) is 9.80. The highest BCUT2D eigenvalue weighted by molar-refractivity contribution is 6.30. The van der Waals surface area contributed by atoms with E-state index >= 15 is 0 Å². The highest BCUT2D eigenvalue weighted by atomic mass is 35.5. The lowest BCUT2D eigenvalue weighted by Crippen LogP contribution is -2.26. The summed E-state index contributed by atoms with van der Waals surface area (Å²) in [5.74, 6) is 1.15. The van der Waals surface area contributed by atoms with Crippen molar-refractivity contribution in [3.63, 3.8) is 0 Å². The molecule has 3 heteroatoms. The van der Waals surface area contributed by atoms with Gasteiger partial charge in [-0.25, -0.2) is 0 Å². The molecule has 0 aliphatic carbocycles. The molecule has 0 spiro atoms. The molecule has 2 N–H and O–H groups in total. The first-order chi connectivity index (χ1) is 11.1. The average Bonchev–Trinajstić information content (AvgIpc) is 3.09. The zero-order valence-electron chi connectivity index (χ0n) is 13.1.